The summed E-state index contributed by atoms with van der Waals surface area (Å²) in [5.41, 5.74) is 0. The molecule has 0 aliphatic heterocycles. The predicted molar refractivity (Wildman–Crippen MR) is 57.9 cm³/mol. The minimum atomic E-state index is -1.40. The average molecular weight is 219 g/mol. The maximum Gasteiger partial charge on any atom is 0.321 e. The van der Waals surface area contributed by atoms with Crippen LogP contribution in [0.5, 0.6) is 0 Å². The number of nitrogens with zero attached hydrogens (tertiary/aromatic N) is 1. The third kappa shape index (κ3) is 8.31. The van der Waals surface area contributed by atoms with Gasteiger partial charge < -0.3 is 8.85 Å². The molecule has 0 aromatic rings. The van der Waals surface area contributed by atoms with Crippen molar-refractivity contribution in [1.82, 2.24) is 0 Å². The molecule has 76 valence electrons. The Labute approximate surface area is 86.3 Å². The minimum Gasteiger partial charge on any atom is -0.397 e. The lowest BCUT2D eigenvalue weighted by molar-refractivity contribution is 0.213. The highest BCUT2D eigenvalue weighted by molar-refractivity contribution is 8.03. The lowest BCUT2D eigenvalue weighted by Gasteiger charge is -2.13. The van der Waals surface area contributed by atoms with E-state index < -0.39 is 9.28 Å². The lowest BCUT2D eigenvalue weighted by atomic mass is 10.6. The highest BCUT2D eigenvalue weighted by atomic mass is 32.2. The summed E-state index contributed by atoms with van der Waals surface area (Å²) in [6.45, 7) is 5.46. The zero-order valence-corrected chi connectivity index (χ0v) is 10.3. The molecule has 0 unspecified atom stereocenters. The van der Waals surface area contributed by atoms with Crippen molar-refractivity contribution in [1.29, 1.82) is 5.26 Å². The zero-order valence-electron chi connectivity index (χ0n) is 8.28. The van der Waals surface area contributed by atoms with Crippen molar-refractivity contribution in [2.24, 2.45) is 0 Å². The Kier molecular flexibility index (Phi) is 10.0. The minimum absolute atomic E-state index is 0.738. The van der Waals surface area contributed by atoms with Crippen molar-refractivity contribution < 1.29 is 8.85 Å². The average Bonchev–Trinajstić information content (AvgIpc) is 2.13. The van der Waals surface area contributed by atoms with E-state index >= 15 is 0 Å². The van der Waals surface area contributed by atoms with E-state index in [-0.39, 0.29) is 0 Å². The van der Waals surface area contributed by atoms with E-state index in [1.54, 1.807) is 0 Å². The molecular weight excluding hydrogens is 202 g/mol. The molecule has 0 fully saturated rings. The summed E-state index contributed by atoms with van der Waals surface area (Å²) in [4.78, 5) is 0. The largest absolute Gasteiger partial charge is 0.397 e. The second-order valence-corrected chi connectivity index (χ2v) is 5.40. The molecule has 0 aromatic heterocycles. The number of hydrogen-bond acceptors (Lipinski definition) is 4. The SMILES string of the molecule is CCO[SiH](CCCSC#N)OCC. The number of hydrogen-bond donors (Lipinski definition) is 0. The first-order valence-corrected chi connectivity index (χ1v) is 7.33. The molecule has 0 N–H and O–H groups in total. The number of thioether (sulfide) groups is 1. The van der Waals surface area contributed by atoms with E-state index in [1.807, 2.05) is 13.8 Å². The van der Waals surface area contributed by atoms with Gasteiger partial charge in [-0.15, -0.1) is 0 Å². The van der Waals surface area contributed by atoms with E-state index in [2.05, 4.69) is 5.40 Å². The zero-order chi connectivity index (χ0) is 9.94. The van der Waals surface area contributed by atoms with Gasteiger partial charge in [-0.25, -0.2) is 0 Å². The van der Waals surface area contributed by atoms with Crippen LogP contribution in [0.3, 0.4) is 0 Å². The third-order valence-electron chi connectivity index (χ3n) is 1.46. The topological polar surface area (TPSA) is 42.2 Å². The Morgan fingerprint density at radius 1 is 1.31 bits per heavy atom. The predicted octanol–water partition coefficient (Wildman–Crippen LogP) is 1.88. The Bertz CT molecular complexity index is 146. The normalized spacial score (nSPS) is 10.3. The Hall–Kier alpha value is -0.0231. The van der Waals surface area contributed by atoms with Gasteiger partial charge in [0.2, 0.25) is 0 Å². The van der Waals surface area contributed by atoms with Crippen molar-refractivity contribution in [3.63, 3.8) is 0 Å². The maximum absolute atomic E-state index is 8.30. The van der Waals surface area contributed by atoms with Gasteiger partial charge in [0.25, 0.3) is 0 Å². The second kappa shape index (κ2) is 10.1. The third-order valence-corrected chi connectivity index (χ3v) is 4.37. The molecule has 13 heavy (non-hydrogen) atoms. The number of nitriles is 1. The fourth-order valence-electron chi connectivity index (χ4n) is 0.954. The molecule has 0 saturated carbocycles. The molecule has 0 radical (unpaired) electrons. The molecule has 0 rings (SSSR count). The molecule has 0 aromatic carbocycles. The van der Waals surface area contributed by atoms with Crippen molar-refractivity contribution in [2.75, 3.05) is 19.0 Å². The van der Waals surface area contributed by atoms with Crippen LogP contribution >= 0.6 is 11.8 Å². The van der Waals surface area contributed by atoms with Gasteiger partial charge >= 0.3 is 9.28 Å². The van der Waals surface area contributed by atoms with Crippen LogP contribution in [0.1, 0.15) is 20.3 Å². The van der Waals surface area contributed by atoms with Gasteiger partial charge in [-0.05, 0) is 38.1 Å². The van der Waals surface area contributed by atoms with Gasteiger partial charge in [0.1, 0.15) is 5.40 Å². The van der Waals surface area contributed by atoms with E-state index in [0.29, 0.717) is 0 Å². The van der Waals surface area contributed by atoms with E-state index in [9.17, 15) is 0 Å². The lowest BCUT2D eigenvalue weighted by Crippen LogP contribution is -2.22. The summed E-state index contributed by atoms with van der Waals surface area (Å²) in [7, 11) is -1.40. The first-order valence-electron chi connectivity index (χ1n) is 4.59. The standard InChI is InChI=1S/C8H17NO2SSi/c1-3-10-13(11-4-2)7-5-6-12-8-9/h13H,3-7H2,1-2H3. The summed E-state index contributed by atoms with van der Waals surface area (Å²) in [6.07, 6.45) is 1.02. The van der Waals surface area contributed by atoms with E-state index in [1.165, 1.54) is 11.8 Å². The molecular formula is C8H17NO2SSi. The molecule has 0 bridgehead atoms. The monoisotopic (exact) mass is 219 g/mol. The molecule has 0 heterocycles. The van der Waals surface area contributed by atoms with Gasteiger partial charge in [-0.2, -0.15) is 5.26 Å². The molecule has 0 amide bonds. The molecule has 0 aliphatic carbocycles. The summed E-state index contributed by atoms with van der Waals surface area (Å²) in [5, 5.41) is 10.4. The van der Waals surface area contributed by atoms with Gasteiger partial charge in [-0.1, -0.05) is 0 Å². The Balaban J connectivity index is 3.39. The molecule has 5 heteroatoms. The van der Waals surface area contributed by atoms with Gasteiger partial charge in [0.05, 0.1) is 0 Å². The summed E-state index contributed by atoms with van der Waals surface area (Å²) >= 11 is 1.30. The fraction of sp³-hybridized carbons (Fsp3) is 0.875. The number of thiocyanates is 1. The van der Waals surface area contributed by atoms with Crippen LogP contribution in [-0.4, -0.2) is 28.3 Å². The quantitative estimate of drug-likeness (QED) is 0.355. The van der Waals surface area contributed by atoms with Crippen LogP contribution in [0.15, 0.2) is 0 Å². The van der Waals surface area contributed by atoms with E-state index in [0.717, 1.165) is 31.4 Å². The van der Waals surface area contributed by atoms with Crippen molar-refractivity contribution in [2.45, 2.75) is 26.3 Å². The van der Waals surface area contributed by atoms with Crippen LogP contribution < -0.4 is 0 Å². The number of rotatable bonds is 8. The van der Waals surface area contributed by atoms with Crippen LogP contribution in [0.4, 0.5) is 0 Å². The van der Waals surface area contributed by atoms with Gasteiger partial charge in [-0.3, -0.25) is 0 Å². The summed E-state index contributed by atoms with van der Waals surface area (Å²) < 4.78 is 11.0. The van der Waals surface area contributed by atoms with Crippen LogP contribution in [0.25, 0.3) is 0 Å². The van der Waals surface area contributed by atoms with Crippen molar-refractivity contribution in [3.8, 4) is 5.40 Å². The molecule has 3 nitrogen and oxygen atoms in total. The second-order valence-electron chi connectivity index (χ2n) is 2.42. The van der Waals surface area contributed by atoms with Crippen LogP contribution in [0, 0.1) is 10.7 Å². The maximum atomic E-state index is 8.30. The summed E-state index contributed by atoms with van der Waals surface area (Å²) in [5.74, 6) is 0.889. The Morgan fingerprint density at radius 2 is 1.92 bits per heavy atom. The Morgan fingerprint density at radius 3 is 2.38 bits per heavy atom. The van der Waals surface area contributed by atoms with Gasteiger partial charge in [0, 0.05) is 19.0 Å². The molecule has 0 atom stereocenters. The molecule has 0 spiro atoms. The molecule has 0 saturated heterocycles. The smallest absolute Gasteiger partial charge is 0.321 e. The van der Waals surface area contributed by atoms with Crippen molar-refractivity contribution in [3.05, 3.63) is 0 Å². The van der Waals surface area contributed by atoms with Crippen LogP contribution in [0.2, 0.25) is 6.04 Å². The van der Waals surface area contributed by atoms with E-state index in [4.69, 9.17) is 14.1 Å². The summed E-state index contributed by atoms with van der Waals surface area (Å²) in [6, 6.07) is 1.01. The van der Waals surface area contributed by atoms with Gasteiger partial charge in [0.15, 0.2) is 0 Å². The first-order chi connectivity index (χ1) is 6.35. The van der Waals surface area contributed by atoms with Crippen LogP contribution in [-0.2, 0) is 8.85 Å². The first kappa shape index (κ1) is 13.0. The highest BCUT2D eigenvalue weighted by Crippen LogP contribution is 2.07. The molecule has 0 aliphatic rings. The van der Waals surface area contributed by atoms with Crippen molar-refractivity contribution >= 4 is 21.0 Å². The highest BCUT2D eigenvalue weighted by Gasteiger charge is 2.10. The fourth-order valence-corrected chi connectivity index (χ4v) is 3.36.